The molecule has 2 rings (SSSR count). The Morgan fingerprint density at radius 2 is 1.63 bits per heavy atom. The Morgan fingerprint density at radius 3 is 2.19 bits per heavy atom. The Labute approximate surface area is 161 Å². The van der Waals surface area contributed by atoms with Gasteiger partial charge in [0.2, 0.25) is 0 Å². The minimum Gasteiger partial charge on any atom is -0.495 e. The van der Waals surface area contributed by atoms with Crippen LogP contribution in [0.2, 0.25) is 5.02 Å². The summed E-state index contributed by atoms with van der Waals surface area (Å²) in [5.74, 6) is -1.27. The van der Waals surface area contributed by atoms with Gasteiger partial charge in [0, 0.05) is 0 Å². The van der Waals surface area contributed by atoms with Crippen LogP contribution in [0, 0.1) is 0 Å². The zero-order chi connectivity index (χ0) is 20.2. The van der Waals surface area contributed by atoms with Crippen molar-refractivity contribution in [1.82, 2.24) is 0 Å². The molecule has 0 aliphatic heterocycles. The highest BCUT2D eigenvalue weighted by Gasteiger charge is 2.25. The van der Waals surface area contributed by atoms with Crippen molar-refractivity contribution in [3.8, 4) is 5.75 Å². The zero-order valence-electron chi connectivity index (χ0n) is 14.6. The van der Waals surface area contributed by atoms with E-state index in [0.717, 1.165) is 20.3 Å². The summed E-state index contributed by atoms with van der Waals surface area (Å²) in [4.78, 5) is 23.2. The number of methoxy groups -OCH3 is 3. The van der Waals surface area contributed by atoms with Gasteiger partial charge in [-0.05, 0) is 36.4 Å². The van der Waals surface area contributed by atoms with Crippen molar-refractivity contribution in [2.24, 2.45) is 0 Å². The first-order valence-corrected chi connectivity index (χ1v) is 9.26. The second-order valence-corrected chi connectivity index (χ2v) is 7.21. The van der Waals surface area contributed by atoms with Crippen LogP contribution in [0.5, 0.6) is 5.75 Å². The molecule has 0 heterocycles. The number of halogens is 1. The molecule has 0 aromatic heterocycles. The van der Waals surface area contributed by atoms with Gasteiger partial charge in [0.05, 0.1) is 43.2 Å². The lowest BCUT2D eigenvalue weighted by atomic mass is 10.1. The SMILES string of the molecule is COC(=O)c1ccc(C(=O)OC)c(S(=O)(=O)Nc2ccc(OC)c(Cl)c2)c1. The number of carbonyl (C=O) groups is 2. The lowest BCUT2D eigenvalue weighted by Crippen LogP contribution is -2.18. The first kappa shape index (κ1) is 20.5. The van der Waals surface area contributed by atoms with Crippen LogP contribution < -0.4 is 9.46 Å². The number of nitrogens with one attached hydrogen (secondary N) is 1. The van der Waals surface area contributed by atoms with Crippen molar-refractivity contribution in [1.29, 1.82) is 0 Å². The van der Waals surface area contributed by atoms with Crippen molar-refractivity contribution < 1.29 is 32.2 Å². The maximum Gasteiger partial charge on any atom is 0.339 e. The third-order valence-electron chi connectivity index (χ3n) is 3.50. The summed E-state index contributed by atoms with van der Waals surface area (Å²) in [5, 5.41) is 0.189. The van der Waals surface area contributed by atoms with Crippen molar-refractivity contribution in [3.05, 3.63) is 52.5 Å². The number of benzene rings is 2. The van der Waals surface area contributed by atoms with Crippen molar-refractivity contribution in [2.45, 2.75) is 4.90 Å². The van der Waals surface area contributed by atoms with Gasteiger partial charge in [0.15, 0.2) is 0 Å². The number of rotatable bonds is 6. The Balaban J connectivity index is 2.53. The fourth-order valence-corrected chi connectivity index (χ4v) is 3.74. The molecule has 0 saturated heterocycles. The number of hydrogen-bond donors (Lipinski definition) is 1. The molecule has 0 bridgehead atoms. The topological polar surface area (TPSA) is 108 Å². The van der Waals surface area contributed by atoms with Gasteiger partial charge in [-0.3, -0.25) is 4.72 Å². The quantitative estimate of drug-likeness (QED) is 0.725. The lowest BCUT2D eigenvalue weighted by Gasteiger charge is -2.13. The van der Waals surface area contributed by atoms with Gasteiger partial charge in [0.25, 0.3) is 10.0 Å². The van der Waals surface area contributed by atoms with Gasteiger partial charge in [-0.1, -0.05) is 11.6 Å². The maximum atomic E-state index is 12.8. The fraction of sp³-hybridized carbons (Fsp3) is 0.176. The minimum absolute atomic E-state index is 0.0432. The molecule has 0 saturated carbocycles. The number of esters is 2. The highest BCUT2D eigenvalue weighted by atomic mass is 35.5. The van der Waals surface area contributed by atoms with Crippen LogP contribution in [0.1, 0.15) is 20.7 Å². The molecule has 2 aromatic rings. The summed E-state index contributed by atoms with van der Waals surface area (Å²) in [5.41, 5.74) is -0.143. The number of ether oxygens (including phenoxy) is 3. The van der Waals surface area contributed by atoms with Crippen LogP contribution in [-0.2, 0) is 19.5 Å². The molecule has 0 amide bonds. The molecule has 0 atom stereocenters. The maximum absolute atomic E-state index is 12.8. The van der Waals surface area contributed by atoms with Gasteiger partial charge >= 0.3 is 11.9 Å². The summed E-state index contributed by atoms with van der Waals surface area (Å²) in [6.07, 6.45) is 0. The summed E-state index contributed by atoms with van der Waals surface area (Å²) in [6, 6.07) is 7.73. The molecule has 2 aromatic carbocycles. The molecule has 0 aliphatic rings. The summed E-state index contributed by atoms with van der Waals surface area (Å²) < 4.78 is 42.2. The zero-order valence-corrected chi connectivity index (χ0v) is 16.2. The van der Waals surface area contributed by atoms with E-state index < -0.39 is 26.9 Å². The normalized spacial score (nSPS) is 10.8. The lowest BCUT2D eigenvalue weighted by molar-refractivity contribution is 0.0583. The highest BCUT2D eigenvalue weighted by molar-refractivity contribution is 7.92. The van der Waals surface area contributed by atoms with E-state index in [-0.39, 0.29) is 21.8 Å². The minimum atomic E-state index is -4.26. The number of hydrogen-bond acceptors (Lipinski definition) is 7. The third-order valence-corrected chi connectivity index (χ3v) is 5.22. The first-order valence-electron chi connectivity index (χ1n) is 7.40. The Hall–Kier alpha value is -2.78. The largest absolute Gasteiger partial charge is 0.495 e. The van der Waals surface area contributed by atoms with E-state index in [1.165, 1.54) is 37.4 Å². The molecular formula is C17H16ClNO7S. The number of anilines is 1. The smallest absolute Gasteiger partial charge is 0.339 e. The standard InChI is InChI=1S/C17H16ClNO7S/c1-24-14-7-5-11(9-13(14)18)19-27(22,23)15-8-10(16(20)25-2)4-6-12(15)17(21)26-3/h4-9,19H,1-3H3. The molecule has 10 heteroatoms. The average Bonchev–Trinajstić information content (AvgIpc) is 2.66. The Morgan fingerprint density at radius 1 is 0.963 bits per heavy atom. The van der Waals surface area contributed by atoms with Crippen LogP contribution in [0.25, 0.3) is 0 Å². The molecule has 0 fully saturated rings. The van der Waals surface area contributed by atoms with Gasteiger partial charge < -0.3 is 14.2 Å². The van der Waals surface area contributed by atoms with Gasteiger partial charge in [-0.15, -0.1) is 0 Å². The van der Waals surface area contributed by atoms with E-state index in [0.29, 0.717) is 5.75 Å². The van der Waals surface area contributed by atoms with Crippen LogP contribution >= 0.6 is 11.6 Å². The molecule has 0 aliphatic carbocycles. The molecule has 0 radical (unpaired) electrons. The van der Waals surface area contributed by atoms with Crippen LogP contribution in [-0.4, -0.2) is 41.7 Å². The molecule has 27 heavy (non-hydrogen) atoms. The van der Waals surface area contributed by atoms with Crippen LogP contribution in [0.3, 0.4) is 0 Å². The summed E-state index contributed by atoms with van der Waals surface area (Å²) in [6.45, 7) is 0. The predicted molar refractivity (Wildman–Crippen MR) is 97.9 cm³/mol. The number of sulfonamides is 1. The second kappa shape index (κ2) is 8.28. The van der Waals surface area contributed by atoms with Crippen LogP contribution in [0.4, 0.5) is 5.69 Å². The third kappa shape index (κ3) is 4.50. The summed E-state index contributed by atoms with van der Waals surface area (Å²) in [7, 11) is -0.565. The van der Waals surface area contributed by atoms with Crippen molar-refractivity contribution in [3.63, 3.8) is 0 Å². The van der Waals surface area contributed by atoms with Gasteiger partial charge in [-0.25, -0.2) is 18.0 Å². The average molecular weight is 414 g/mol. The van der Waals surface area contributed by atoms with Gasteiger partial charge in [0.1, 0.15) is 10.6 Å². The van der Waals surface area contributed by atoms with E-state index in [1.54, 1.807) is 0 Å². The second-order valence-electron chi connectivity index (χ2n) is 5.15. The summed E-state index contributed by atoms with van der Waals surface area (Å²) >= 11 is 6.00. The molecule has 0 spiro atoms. The van der Waals surface area contributed by atoms with Crippen molar-refractivity contribution >= 4 is 39.3 Å². The van der Waals surface area contributed by atoms with Crippen LogP contribution in [0.15, 0.2) is 41.3 Å². The Kier molecular flexibility index (Phi) is 6.29. The van der Waals surface area contributed by atoms with E-state index in [1.807, 2.05) is 0 Å². The van der Waals surface area contributed by atoms with E-state index >= 15 is 0 Å². The van der Waals surface area contributed by atoms with E-state index in [4.69, 9.17) is 16.3 Å². The molecule has 144 valence electrons. The van der Waals surface area contributed by atoms with E-state index in [9.17, 15) is 18.0 Å². The number of carbonyl (C=O) groups excluding carboxylic acids is 2. The Bertz CT molecular complexity index is 989. The first-order chi connectivity index (χ1) is 12.7. The predicted octanol–water partition coefficient (Wildman–Crippen LogP) is 2.72. The molecular weight excluding hydrogens is 398 g/mol. The fourth-order valence-electron chi connectivity index (χ4n) is 2.21. The molecule has 0 unspecified atom stereocenters. The van der Waals surface area contributed by atoms with Gasteiger partial charge in [-0.2, -0.15) is 0 Å². The van der Waals surface area contributed by atoms with Crippen molar-refractivity contribution in [2.75, 3.05) is 26.1 Å². The van der Waals surface area contributed by atoms with E-state index in [2.05, 4.69) is 14.2 Å². The highest BCUT2D eigenvalue weighted by Crippen LogP contribution is 2.29. The molecule has 1 N–H and O–H groups in total. The monoisotopic (exact) mass is 413 g/mol. The molecule has 8 nitrogen and oxygen atoms in total.